The Labute approximate surface area is 142 Å². The number of ether oxygens (including phenoxy) is 1. The van der Waals surface area contributed by atoms with Crippen molar-refractivity contribution < 1.29 is 9.53 Å². The maximum absolute atomic E-state index is 13.1. The first-order valence-electron chi connectivity index (χ1n) is 8.84. The largest absolute Gasteiger partial charge is 0.461 e. The number of allylic oxidation sites excluding steroid dienone is 1. The lowest BCUT2D eigenvalue weighted by molar-refractivity contribution is -0.151. The maximum atomic E-state index is 13.1. The quantitative estimate of drug-likeness (QED) is 0.612. The Hall–Kier alpha value is -2.35. The van der Waals surface area contributed by atoms with E-state index in [1.807, 2.05) is 12.1 Å². The van der Waals surface area contributed by atoms with Crippen LogP contribution in [0.25, 0.3) is 0 Å². The molecular weight excluding hydrogens is 296 g/mol. The van der Waals surface area contributed by atoms with E-state index in [9.17, 15) is 4.79 Å². The second-order valence-corrected chi connectivity index (χ2v) is 7.26. The minimum absolute atomic E-state index is 0.0637. The van der Waals surface area contributed by atoms with Crippen LogP contribution >= 0.6 is 0 Å². The average Bonchev–Trinajstić information content (AvgIpc) is 3.22. The van der Waals surface area contributed by atoms with Gasteiger partial charge in [-0.3, -0.25) is 4.79 Å². The number of hydrogen-bond acceptors (Lipinski definition) is 2. The van der Waals surface area contributed by atoms with Crippen LogP contribution in [0.4, 0.5) is 0 Å². The predicted octanol–water partition coefficient (Wildman–Crippen LogP) is 4.23. The SMILES string of the molecule is O=C(OC1CC2C=CC1C2)C1c2ccccc2Cc2ccccc21. The van der Waals surface area contributed by atoms with Gasteiger partial charge in [0.05, 0.1) is 0 Å². The van der Waals surface area contributed by atoms with Crippen LogP contribution in [0.15, 0.2) is 60.7 Å². The molecule has 0 N–H and O–H groups in total. The zero-order valence-corrected chi connectivity index (χ0v) is 13.5. The van der Waals surface area contributed by atoms with E-state index in [1.165, 1.54) is 11.1 Å². The molecular formula is C22H20O2. The molecule has 2 heteroatoms. The van der Waals surface area contributed by atoms with E-state index in [2.05, 4.69) is 48.6 Å². The van der Waals surface area contributed by atoms with Crippen LogP contribution in [0.1, 0.15) is 41.0 Å². The Bertz CT molecular complexity index is 790. The summed E-state index contributed by atoms with van der Waals surface area (Å²) in [6.45, 7) is 0. The molecule has 5 rings (SSSR count). The monoisotopic (exact) mass is 316 g/mol. The molecule has 3 unspecified atom stereocenters. The van der Waals surface area contributed by atoms with Gasteiger partial charge in [0.1, 0.15) is 12.0 Å². The standard InChI is InChI=1S/C22H20O2/c23-22(24-20-12-14-9-10-17(20)11-14)21-18-7-3-1-5-15(18)13-16-6-2-4-8-19(16)21/h1-10,14,17,20-21H,11-13H2. The summed E-state index contributed by atoms with van der Waals surface area (Å²) in [5.74, 6) is 0.668. The summed E-state index contributed by atoms with van der Waals surface area (Å²) in [5, 5.41) is 0. The molecule has 3 atom stereocenters. The highest BCUT2D eigenvalue weighted by Gasteiger charge is 2.40. The molecule has 0 aromatic heterocycles. The second-order valence-electron chi connectivity index (χ2n) is 7.26. The van der Waals surface area contributed by atoms with Crippen LogP contribution in [0.3, 0.4) is 0 Å². The van der Waals surface area contributed by atoms with Crippen molar-refractivity contribution in [2.75, 3.05) is 0 Å². The number of carbonyl (C=O) groups is 1. The lowest BCUT2D eigenvalue weighted by Gasteiger charge is -2.29. The Kier molecular flexibility index (Phi) is 3.12. The van der Waals surface area contributed by atoms with Crippen LogP contribution in [0.2, 0.25) is 0 Å². The number of hydrogen-bond donors (Lipinski definition) is 0. The highest BCUT2D eigenvalue weighted by Crippen LogP contribution is 2.43. The van der Waals surface area contributed by atoms with Crippen molar-refractivity contribution in [2.24, 2.45) is 11.8 Å². The van der Waals surface area contributed by atoms with E-state index >= 15 is 0 Å². The molecule has 1 fully saturated rings. The molecule has 3 aliphatic carbocycles. The molecule has 0 radical (unpaired) electrons. The third-order valence-electron chi connectivity index (χ3n) is 5.83. The molecule has 2 aromatic carbocycles. The normalized spacial score (nSPS) is 26.9. The number of carbonyl (C=O) groups excluding carboxylic acids is 1. The third-order valence-corrected chi connectivity index (χ3v) is 5.83. The average molecular weight is 316 g/mol. The molecule has 3 aliphatic rings. The van der Waals surface area contributed by atoms with E-state index in [1.54, 1.807) is 0 Å². The Morgan fingerprint density at radius 3 is 2.12 bits per heavy atom. The molecule has 0 heterocycles. The topological polar surface area (TPSA) is 26.3 Å². The summed E-state index contributed by atoms with van der Waals surface area (Å²) in [6.07, 6.45) is 7.61. The molecule has 0 aliphatic heterocycles. The Morgan fingerprint density at radius 2 is 1.54 bits per heavy atom. The molecule has 0 saturated heterocycles. The van der Waals surface area contributed by atoms with Gasteiger partial charge in [0, 0.05) is 5.92 Å². The Morgan fingerprint density at radius 1 is 0.875 bits per heavy atom. The molecule has 0 amide bonds. The summed E-state index contributed by atoms with van der Waals surface area (Å²) in [6, 6.07) is 16.6. The zero-order chi connectivity index (χ0) is 16.1. The lowest BCUT2D eigenvalue weighted by atomic mass is 9.78. The van der Waals surface area contributed by atoms with Crippen molar-refractivity contribution in [3.05, 3.63) is 82.9 Å². The third kappa shape index (κ3) is 2.13. The van der Waals surface area contributed by atoms with E-state index in [0.29, 0.717) is 11.8 Å². The first-order chi connectivity index (χ1) is 11.8. The van der Waals surface area contributed by atoms with Crippen LogP contribution in [-0.4, -0.2) is 12.1 Å². The van der Waals surface area contributed by atoms with Gasteiger partial charge in [0.2, 0.25) is 0 Å². The molecule has 1 saturated carbocycles. The van der Waals surface area contributed by atoms with E-state index in [-0.39, 0.29) is 18.0 Å². The van der Waals surface area contributed by atoms with Crippen molar-refractivity contribution in [2.45, 2.75) is 31.3 Å². The van der Waals surface area contributed by atoms with E-state index < -0.39 is 0 Å². The van der Waals surface area contributed by atoms with E-state index in [4.69, 9.17) is 4.74 Å². The fourth-order valence-electron chi connectivity index (χ4n) is 4.66. The van der Waals surface area contributed by atoms with E-state index in [0.717, 1.165) is 30.4 Å². The van der Waals surface area contributed by atoms with Crippen LogP contribution in [-0.2, 0) is 16.0 Å². The van der Waals surface area contributed by atoms with Gasteiger partial charge in [-0.2, -0.15) is 0 Å². The van der Waals surface area contributed by atoms with Gasteiger partial charge < -0.3 is 4.74 Å². The molecule has 2 bridgehead atoms. The minimum Gasteiger partial charge on any atom is -0.461 e. The first kappa shape index (κ1) is 14.0. The summed E-state index contributed by atoms with van der Waals surface area (Å²) >= 11 is 0. The molecule has 2 aromatic rings. The fraction of sp³-hybridized carbons (Fsp3) is 0.318. The van der Waals surface area contributed by atoms with Crippen molar-refractivity contribution in [3.8, 4) is 0 Å². The second kappa shape index (κ2) is 5.34. The number of esters is 1. The van der Waals surface area contributed by atoms with Gasteiger partial charge in [0.25, 0.3) is 0 Å². The van der Waals surface area contributed by atoms with Gasteiger partial charge in [0.15, 0.2) is 0 Å². The summed E-state index contributed by atoms with van der Waals surface area (Å²) in [4.78, 5) is 13.1. The van der Waals surface area contributed by atoms with Gasteiger partial charge in [-0.1, -0.05) is 60.7 Å². The van der Waals surface area contributed by atoms with Crippen molar-refractivity contribution in [1.82, 2.24) is 0 Å². The van der Waals surface area contributed by atoms with Gasteiger partial charge >= 0.3 is 5.97 Å². The smallest absolute Gasteiger partial charge is 0.318 e. The molecule has 0 spiro atoms. The number of fused-ring (bicyclic) bond motifs is 4. The highest BCUT2D eigenvalue weighted by molar-refractivity contribution is 5.84. The Balaban J connectivity index is 1.50. The first-order valence-corrected chi connectivity index (χ1v) is 8.84. The van der Waals surface area contributed by atoms with Gasteiger partial charge in [-0.15, -0.1) is 0 Å². The minimum atomic E-state index is -0.283. The summed E-state index contributed by atoms with van der Waals surface area (Å²) in [7, 11) is 0. The van der Waals surface area contributed by atoms with Crippen molar-refractivity contribution >= 4 is 5.97 Å². The highest BCUT2D eigenvalue weighted by atomic mass is 16.5. The lowest BCUT2D eigenvalue weighted by Crippen LogP contribution is -2.29. The van der Waals surface area contributed by atoms with Gasteiger partial charge in [-0.05, 0) is 47.4 Å². The van der Waals surface area contributed by atoms with Gasteiger partial charge in [-0.25, -0.2) is 0 Å². The van der Waals surface area contributed by atoms with Crippen molar-refractivity contribution in [1.29, 1.82) is 0 Å². The molecule has 2 nitrogen and oxygen atoms in total. The van der Waals surface area contributed by atoms with Crippen LogP contribution in [0.5, 0.6) is 0 Å². The molecule has 120 valence electrons. The molecule has 24 heavy (non-hydrogen) atoms. The summed E-state index contributed by atoms with van der Waals surface area (Å²) in [5.41, 5.74) is 4.71. The number of benzene rings is 2. The summed E-state index contributed by atoms with van der Waals surface area (Å²) < 4.78 is 6.01. The van der Waals surface area contributed by atoms with Crippen LogP contribution < -0.4 is 0 Å². The predicted molar refractivity (Wildman–Crippen MR) is 92.8 cm³/mol. The number of rotatable bonds is 2. The van der Waals surface area contributed by atoms with Crippen molar-refractivity contribution in [3.63, 3.8) is 0 Å². The maximum Gasteiger partial charge on any atom is 0.318 e. The fourth-order valence-corrected chi connectivity index (χ4v) is 4.66. The van der Waals surface area contributed by atoms with Crippen LogP contribution in [0, 0.1) is 11.8 Å². The zero-order valence-electron chi connectivity index (χ0n) is 13.5.